The molecule has 4 aromatic rings. The normalized spacial score (nSPS) is 11.1. The molecule has 0 spiro atoms. The summed E-state index contributed by atoms with van der Waals surface area (Å²) < 4.78 is 13.5. The van der Waals surface area contributed by atoms with Gasteiger partial charge >= 0.3 is 5.97 Å². The maximum absolute atomic E-state index is 13.1. The molecule has 2 aromatic heterocycles. The quantitative estimate of drug-likeness (QED) is 0.189. The molecule has 0 aliphatic heterocycles. The van der Waals surface area contributed by atoms with Gasteiger partial charge < -0.3 is 29.6 Å². The predicted molar refractivity (Wildman–Crippen MR) is 162 cm³/mol. The largest absolute Gasteiger partial charge is 0.490 e. The first-order valence-corrected chi connectivity index (χ1v) is 13.3. The molecule has 0 fully saturated rings. The van der Waals surface area contributed by atoms with Gasteiger partial charge in [-0.05, 0) is 64.7 Å². The van der Waals surface area contributed by atoms with E-state index in [2.05, 4.69) is 22.2 Å². The van der Waals surface area contributed by atoms with Crippen LogP contribution in [0.1, 0.15) is 29.8 Å². The lowest BCUT2D eigenvalue weighted by Crippen LogP contribution is -2.20. The molecule has 41 heavy (non-hydrogen) atoms. The van der Waals surface area contributed by atoms with Crippen molar-refractivity contribution in [2.24, 2.45) is 7.05 Å². The van der Waals surface area contributed by atoms with Gasteiger partial charge in [-0.15, -0.1) is 0 Å². The van der Waals surface area contributed by atoms with Gasteiger partial charge in [-0.25, -0.2) is 14.8 Å². The molecule has 2 heterocycles. The van der Waals surface area contributed by atoms with Gasteiger partial charge in [0.25, 0.3) is 0 Å². The van der Waals surface area contributed by atoms with Gasteiger partial charge in [0.05, 0.1) is 17.5 Å². The fourth-order valence-corrected chi connectivity index (χ4v) is 4.28. The summed E-state index contributed by atoms with van der Waals surface area (Å²) in [4.78, 5) is 36.5. The molecule has 0 saturated carbocycles. The summed E-state index contributed by atoms with van der Waals surface area (Å²) in [6.07, 6.45) is 4.32. The number of hydrogen-bond donors (Lipinski definition) is 2. The fraction of sp³-hybridized carbons (Fsp3) is 0.290. The number of carbonyl (C=O) groups excluding carboxylic acids is 2. The molecule has 0 aliphatic carbocycles. The third-order valence-electron chi connectivity index (χ3n) is 6.32. The van der Waals surface area contributed by atoms with E-state index in [-0.39, 0.29) is 23.5 Å². The number of fused-ring (bicyclic) bond motifs is 1. The van der Waals surface area contributed by atoms with E-state index >= 15 is 0 Å². The second kappa shape index (κ2) is 12.6. The minimum atomic E-state index is -0.501. The van der Waals surface area contributed by atoms with Crippen molar-refractivity contribution in [2.45, 2.75) is 26.9 Å². The van der Waals surface area contributed by atoms with Crippen LogP contribution >= 0.6 is 0 Å². The average molecular weight is 557 g/mol. The van der Waals surface area contributed by atoms with Gasteiger partial charge in [-0.1, -0.05) is 24.8 Å². The summed E-state index contributed by atoms with van der Waals surface area (Å²) in [5, 5.41) is 7.02. The topological polar surface area (TPSA) is 111 Å². The number of nitrogens with zero attached hydrogens (tertiary/aromatic N) is 4. The van der Waals surface area contributed by atoms with Crippen LogP contribution in [0.4, 0.5) is 17.3 Å². The van der Waals surface area contributed by atoms with Crippen molar-refractivity contribution in [1.82, 2.24) is 19.4 Å². The molecule has 10 nitrogen and oxygen atoms in total. The van der Waals surface area contributed by atoms with Crippen molar-refractivity contribution in [3.63, 3.8) is 0 Å². The molecule has 0 radical (unpaired) electrons. The Morgan fingerprint density at radius 1 is 1.17 bits per heavy atom. The lowest BCUT2D eigenvalue weighted by Gasteiger charge is -2.18. The standard InChI is InChI=1S/C31H36N6O4/c1-8-28(38)33-25-16-24(20(4)15-27(25)40-14-13-36(5)6)34-31-32-17-22(30(39)41-19(2)3)29(35-31)23-18-37(7)26-12-10-9-11-21(23)26/h8-12,15-19H,1,13-14H2,2-7H3,(H,33,38)(H,32,34,35). The van der Waals surface area contributed by atoms with E-state index in [0.29, 0.717) is 36.0 Å². The zero-order valence-electron chi connectivity index (χ0n) is 24.3. The summed E-state index contributed by atoms with van der Waals surface area (Å²) in [6, 6.07) is 11.5. The highest BCUT2D eigenvalue weighted by Gasteiger charge is 2.22. The first-order chi connectivity index (χ1) is 19.6. The molecule has 0 unspecified atom stereocenters. The number of aryl methyl sites for hydroxylation is 2. The van der Waals surface area contributed by atoms with Crippen LogP contribution in [-0.2, 0) is 16.6 Å². The Morgan fingerprint density at radius 3 is 2.63 bits per heavy atom. The Labute approximate surface area is 240 Å². The van der Waals surface area contributed by atoms with Crippen molar-refractivity contribution in [3.8, 4) is 17.0 Å². The highest BCUT2D eigenvalue weighted by Crippen LogP contribution is 2.35. The molecule has 0 atom stereocenters. The number of esters is 1. The molecule has 2 aromatic carbocycles. The first-order valence-electron chi connectivity index (χ1n) is 13.3. The molecule has 2 N–H and O–H groups in total. The molecular formula is C31H36N6O4. The Morgan fingerprint density at radius 2 is 1.93 bits per heavy atom. The van der Waals surface area contributed by atoms with Gasteiger partial charge in [-0.2, -0.15) is 0 Å². The maximum Gasteiger partial charge on any atom is 0.342 e. The van der Waals surface area contributed by atoms with Crippen LogP contribution in [0, 0.1) is 6.92 Å². The van der Waals surface area contributed by atoms with Gasteiger partial charge in [0.15, 0.2) is 0 Å². The van der Waals surface area contributed by atoms with E-state index < -0.39 is 5.97 Å². The predicted octanol–water partition coefficient (Wildman–Crippen LogP) is 5.32. The highest BCUT2D eigenvalue weighted by atomic mass is 16.5. The van der Waals surface area contributed by atoms with Gasteiger partial charge in [-0.3, -0.25) is 4.79 Å². The lowest BCUT2D eigenvalue weighted by molar-refractivity contribution is -0.111. The summed E-state index contributed by atoms with van der Waals surface area (Å²) in [5.41, 5.74) is 4.48. The summed E-state index contributed by atoms with van der Waals surface area (Å²) >= 11 is 0. The van der Waals surface area contributed by atoms with Crippen molar-refractivity contribution < 1.29 is 19.1 Å². The smallest absolute Gasteiger partial charge is 0.342 e. The molecule has 1 amide bonds. The molecular weight excluding hydrogens is 520 g/mol. The second-order valence-corrected chi connectivity index (χ2v) is 10.2. The average Bonchev–Trinajstić information content (AvgIpc) is 3.26. The van der Waals surface area contributed by atoms with E-state index in [4.69, 9.17) is 14.5 Å². The lowest BCUT2D eigenvalue weighted by atomic mass is 10.1. The fourth-order valence-electron chi connectivity index (χ4n) is 4.28. The third kappa shape index (κ3) is 6.90. The Balaban J connectivity index is 1.76. The number of para-hydroxylation sites is 1. The highest BCUT2D eigenvalue weighted by molar-refractivity contribution is 6.03. The van der Waals surface area contributed by atoms with Crippen molar-refractivity contribution >= 4 is 40.1 Å². The number of benzene rings is 2. The third-order valence-corrected chi connectivity index (χ3v) is 6.32. The first kappa shape index (κ1) is 29.3. The molecule has 10 heteroatoms. The molecule has 0 bridgehead atoms. The maximum atomic E-state index is 13.1. The van der Waals surface area contributed by atoms with Gasteiger partial charge in [0, 0.05) is 48.1 Å². The van der Waals surface area contributed by atoms with E-state index in [9.17, 15) is 9.59 Å². The van der Waals surface area contributed by atoms with Crippen molar-refractivity contribution in [3.05, 3.63) is 72.6 Å². The number of nitrogens with one attached hydrogen (secondary N) is 2. The van der Waals surface area contributed by atoms with E-state index in [1.807, 2.05) is 74.1 Å². The minimum Gasteiger partial charge on any atom is -0.490 e. The number of amides is 1. The Bertz CT molecular complexity index is 1590. The van der Waals surface area contributed by atoms with Crippen LogP contribution < -0.4 is 15.4 Å². The summed E-state index contributed by atoms with van der Waals surface area (Å²) in [7, 11) is 5.87. The SMILES string of the molecule is C=CC(=O)Nc1cc(Nc2ncc(C(=O)OC(C)C)c(-c3cn(C)c4ccccc34)n2)c(C)cc1OCCN(C)C. The summed E-state index contributed by atoms with van der Waals surface area (Å²) in [5.74, 6) is -0.0484. The van der Waals surface area contributed by atoms with Crippen LogP contribution in [0.25, 0.3) is 22.2 Å². The molecule has 0 aliphatic rings. The van der Waals surface area contributed by atoms with Gasteiger partial charge in [0.2, 0.25) is 11.9 Å². The molecule has 214 valence electrons. The molecule has 0 saturated heterocycles. The summed E-state index contributed by atoms with van der Waals surface area (Å²) in [6.45, 7) is 10.2. The minimum absolute atomic E-state index is 0.265. The Hall–Kier alpha value is -4.70. The number of likely N-dealkylation sites (N-methyl/N-ethyl adjacent to an activating group) is 1. The van der Waals surface area contributed by atoms with Crippen molar-refractivity contribution in [1.29, 1.82) is 0 Å². The second-order valence-electron chi connectivity index (χ2n) is 10.2. The monoisotopic (exact) mass is 556 g/mol. The molecule has 4 rings (SSSR count). The number of aromatic nitrogens is 3. The van der Waals surface area contributed by atoms with E-state index in [1.54, 1.807) is 19.9 Å². The van der Waals surface area contributed by atoms with E-state index in [0.717, 1.165) is 22.0 Å². The number of anilines is 3. The number of rotatable bonds is 11. The van der Waals surface area contributed by atoms with E-state index in [1.165, 1.54) is 12.3 Å². The van der Waals surface area contributed by atoms with Gasteiger partial charge in [0.1, 0.15) is 17.9 Å². The number of hydrogen-bond acceptors (Lipinski definition) is 8. The number of carbonyl (C=O) groups is 2. The van der Waals surface area contributed by atoms with Crippen LogP contribution in [0.3, 0.4) is 0 Å². The van der Waals surface area contributed by atoms with Crippen LogP contribution in [-0.4, -0.2) is 64.7 Å². The van der Waals surface area contributed by atoms with Crippen LogP contribution in [0.5, 0.6) is 5.75 Å². The van der Waals surface area contributed by atoms with Crippen LogP contribution in [0.15, 0.2) is 61.4 Å². The van der Waals surface area contributed by atoms with Crippen molar-refractivity contribution in [2.75, 3.05) is 37.9 Å². The van der Waals surface area contributed by atoms with Crippen LogP contribution in [0.2, 0.25) is 0 Å². The zero-order valence-corrected chi connectivity index (χ0v) is 24.3. The Kier molecular flexibility index (Phi) is 9.04. The number of ether oxygens (including phenoxy) is 2. The zero-order chi connectivity index (χ0) is 29.7.